The fourth-order valence-corrected chi connectivity index (χ4v) is 1.73. The second-order valence-corrected chi connectivity index (χ2v) is 3.83. The highest BCUT2D eigenvalue weighted by atomic mass is 19.4. The van der Waals surface area contributed by atoms with Crippen LogP contribution in [0.15, 0.2) is 30.9 Å². The Balaban J connectivity index is 2.49. The third-order valence-electron chi connectivity index (χ3n) is 2.63. The molecule has 0 bridgehead atoms. The Morgan fingerprint density at radius 2 is 2.06 bits per heavy atom. The summed E-state index contributed by atoms with van der Waals surface area (Å²) in [4.78, 5) is 7.66. The van der Waals surface area contributed by atoms with E-state index in [1.165, 1.54) is 6.20 Å². The van der Waals surface area contributed by atoms with Gasteiger partial charge in [-0.05, 0) is 6.07 Å². The van der Waals surface area contributed by atoms with Crippen LogP contribution in [0.5, 0.6) is 0 Å². The molecule has 2 heterocycles. The number of pyridine rings is 1. The smallest absolute Gasteiger partial charge is 0.336 e. The van der Waals surface area contributed by atoms with Crippen molar-refractivity contribution in [2.75, 3.05) is 0 Å². The van der Waals surface area contributed by atoms with Crippen LogP contribution in [0, 0.1) is 0 Å². The molecule has 96 valence electrons. The maximum atomic E-state index is 12.8. The Bertz CT molecular complexity index is 547. The van der Waals surface area contributed by atoms with Crippen molar-refractivity contribution in [1.29, 1.82) is 0 Å². The molecule has 0 aliphatic carbocycles. The topological polar surface area (TPSA) is 56.7 Å². The van der Waals surface area contributed by atoms with Gasteiger partial charge >= 0.3 is 6.18 Å². The van der Waals surface area contributed by atoms with E-state index < -0.39 is 17.8 Å². The summed E-state index contributed by atoms with van der Waals surface area (Å²) in [5.74, 6) is 0.355. The number of aryl methyl sites for hydroxylation is 1. The molecule has 0 aromatic carbocycles. The van der Waals surface area contributed by atoms with Crippen molar-refractivity contribution in [1.82, 2.24) is 14.5 Å². The second kappa shape index (κ2) is 4.41. The van der Waals surface area contributed by atoms with Gasteiger partial charge in [-0.25, -0.2) is 4.98 Å². The van der Waals surface area contributed by atoms with Gasteiger partial charge in [-0.1, -0.05) is 0 Å². The molecule has 2 rings (SSSR count). The van der Waals surface area contributed by atoms with Crippen LogP contribution in [-0.2, 0) is 13.2 Å². The van der Waals surface area contributed by atoms with Crippen LogP contribution in [0.4, 0.5) is 13.2 Å². The summed E-state index contributed by atoms with van der Waals surface area (Å²) < 4.78 is 40.1. The molecule has 0 fully saturated rings. The molecule has 0 amide bonds. The summed E-state index contributed by atoms with van der Waals surface area (Å²) in [5.41, 5.74) is 4.97. The van der Waals surface area contributed by atoms with Gasteiger partial charge in [-0.3, -0.25) is 4.98 Å². The molecule has 0 saturated heterocycles. The van der Waals surface area contributed by atoms with E-state index in [1.807, 2.05) is 0 Å². The number of nitrogens with zero attached hydrogens (tertiary/aromatic N) is 3. The summed E-state index contributed by atoms with van der Waals surface area (Å²) in [6, 6.07) is -0.0478. The normalized spacial score (nSPS) is 13.6. The zero-order chi connectivity index (χ0) is 13.3. The van der Waals surface area contributed by atoms with Crippen LogP contribution in [0.1, 0.15) is 23.0 Å². The Kier molecular flexibility index (Phi) is 3.08. The van der Waals surface area contributed by atoms with E-state index in [1.54, 1.807) is 17.8 Å². The molecule has 1 atom stereocenters. The number of rotatable bonds is 2. The van der Waals surface area contributed by atoms with Gasteiger partial charge in [0.05, 0.1) is 11.6 Å². The van der Waals surface area contributed by atoms with Gasteiger partial charge in [0, 0.05) is 37.4 Å². The summed E-state index contributed by atoms with van der Waals surface area (Å²) in [5, 5.41) is 0. The van der Waals surface area contributed by atoms with Gasteiger partial charge in [0.15, 0.2) is 0 Å². The minimum atomic E-state index is -4.46. The lowest BCUT2D eigenvalue weighted by atomic mass is 10.0. The lowest BCUT2D eigenvalue weighted by molar-refractivity contribution is -0.138. The first kappa shape index (κ1) is 12.6. The fourth-order valence-electron chi connectivity index (χ4n) is 1.73. The largest absolute Gasteiger partial charge is 0.416 e. The third-order valence-corrected chi connectivity index (χ3v) is 2.63. The summed E-state index contributed by atoms with van der Waals surface area (Å²) in [6.07, 6.45) is 0.873. The van der Waals surface area contributed by atoms with Crippen LogP contribution in [0.3, 0.4) is 0 Å². The number of nitrogens with two attached hydrogens (primary N) is 1. The van der Waals surface area contributed by atoms with Crippen LogP contribution < -0.4 is 5.73 Å². The number of hydrogen-bond acceptors (Lipinski definition) is 3. The number of hydrogen-bond donors (Lipinski definition) is 1. The van der Waals surface area contributed by atoms with Gasteiger partial charge in [0.25, 0.3) is 0 Å². The Morgan fingerprint density at radius 3 is 2.61 bits per heavy atom. The predicted octanol–water partition coefficient (Wildman–Crippen LogP) is 1.88. The first-order valence-electron chi connectivity index (χ1n) is 5.15. The van der Waals surface area contributed by atoms with Crippen LogP contribution in [0.25, 0.3) is 0 Å². The maximum Gasteiger partial charge on any atom is 0.416 e. The average Bonchev–Trinajstić information content (AvgIpc) is 2.73. The van der Waals surface area contributed by atoms with E-state index in [4.69, 9.17) is 5.73 Å². The molecule has 0 spiro atoms. The molecule has 2 aromatic rings. The predicted molar refractivity (Wildman–Crippen MR) is 58.5 cm³/mol. The highest BCUT2D eigenvalue weighted by Crippen LogP contribution is 2.34. The SMILES string of the molecule is Cn1ccnc1C(N)c1cnccc1C(F)(F)F. The van der Waals surface area contributed by atoms with Crippen LogP contribution >= 0.6 is 0 Å². The lowest BCUT2D eigenvalue weighted by Gasteiger charge is -2.17. The fraction of sp³-hybridized carbons (Fsp3) is 0.273. The van der Waals surface area contributed by atoms with E-state index in [9.17, 15) is 13.2 Å². The Labute approximate surface area is 101 Å². The third kappa shape index (κ3) is 2.21. The van der Waals surface area contributed by atoms with E-state index >= 15 is 0 Å². The highest BCUT2D eigenvalue weighted by Gasteiger charge is 2.35. The molecule has 0 aliphatic rings. The molecule has 0 saturated carbocycles. The molecular formula is C11H11F3N4. The molecule has 0 aliphatic heterocycles. The monoisotopic (exact) mass is 256 g/mol. The molecular weight excluding hydrogens is 245 g/mol. The van der Waals surface area contributed by atoms with E-state index in [2.05, 4.69) is 9.97 Å². The van der Waals surface area contributed by atoms with Gasteiger partial charge in [0.1, 0.15) is 5.82 Å². The minimum absolute atomic E-state index is 0.0840. The summed E-state index contributed by atoms with van der Waals surface area (Å²) >= 11 is 0. The standard InChI is InChI=1S/C11H11F3N4/c1-18-5-4-17-10(18)9(15)7-6-16-3-2-8(7)11(12,13)14/h2-6,9H,15H2,1H3. The van der Waals surface area contributed by atoms with Gasteiger partial charge in [-0.15, -0.1) is 0 Å². The molecule has 7 heteroatoms. The maximum absolute atomic E-state index is 12.8. The van der Waals surface area contributed by atoms with Crippen molar-refractivity contribution in [3.8, 4) is 0 Å². The first-order valence-corrected chi connectivity index (χ1v) is 5.15. The molecule has 1 unspecified atom stereocenters. The number of aromatic nitrogens is 3. The zero-order valence-electron chi connectivity index (χ0n) is 9.52. The van der Waals surface area contributed by atoms with Crippen LogP contribution in [0.2, 0.25) is 0 Å². The van der Waals surface area contributed by atoms with Crippen molar-refractivity contribution >= 4 is 0 Å². The van der Waals surface area contributed by atoms with Crippen LogP contribution in [-0.4, -0.2) is 14.5 Å². The van der Waals surface area contributed by atoms with Crippen molar-refractivity contribution < 1.29 is 13.2 Å². The molecule has 2 aromatic heterocycles. The van der Waals surface area contributed by atoms with Gasteiger partial charge < -0.3 is 10.3 Å². The summed E-state index contributed by atoms with van der Waals surface area (Å²) in [6.45, 7) is 0. The number of imidazole rings is 1. The van der Waals surface area contributed by atoms with E-state index in [0.29, 0.717) is 5.82 Å². The molecule has 0 radical (unpaired) electrons. The Hall–Kier alpha value is -1.89. The lowest BCUT2D eigenvalue weighted by Crippen LogP contribution is -2.21. The van der Waals surface area contributed by atoms with Gasteiger partial charge in [0.2, 0.25) is 0 Å². The minimum Gasteiger partial charge on any atom is -0.336 e. The summed E-state index contributed by atoms with van der Waals surface area (Å²) in [7, 11) is 1.67. The van der Waals surface area contributed by atoms with Crippen molar-refractivity contribution in [2.24, 2.45) is 12.8 Å². The molecule has 4 nitrogen and oxygen atoms in total. The average molecular weight is 256 g/mol. The first-order chi connectivity index (χ1) is 8.41. The van der Waals surface area contributed by atoms with Crippen molar-refractivity contribution in [2.45, 2.75) is 12.2 Å². The Morgan fingerprint density at radius 1 is 1.33 bits per heavy atom. The van der Waals surface area contributed by atoms with Crippen molar-refractivity contribution in [3.05, 3.63) is 47.8 Å². The second-order valence-electron chi connectivity index (χ2n) is 3.83. The number of halogens is 3. The zero-order valence-corrected chi connectivity index (χ0v) is 9.52. The van der Waals surface area contributed by atoms with E-state index in [-0.39, 0.29) is 5.56 Å². The highest BCUT2D eigenvalue weighted by molar-refractivity contribution is 5.32. The van der Waals surface area contributed by atoms with Crippen molar-refractivity contribution in [3.63, 3.8) is 0 Å². The quantitative estimate of drug-likeness (QED) is 0.892. The molecule has 2 N–H and O–H groups in total. The van der Waals surface area contributed by atoms with Gasteiger partial charge in [-0.2, -0.15) is 13.2 Å². The number of alkyl halides is 3. The van der Waals surface area contributed by atoms with E-state index in [0.717, 1.165) is 18.5 Å². The molecule has 18 heavy (non-hydrogen) atoms.